The number of aromatic nitrogens is 3. The summed E-state index contributed by atoms with van der Waals surface area (Å²) >= 11 is 0. The monoisotopic (exact) mass is 360 g/mol. The number of aromatic carboxylic acids is 1. The van der Waals surface area contributed by atoms with E-state index in [0.29, 0.717) is 17.1 Å². The molecule has 0 amide bonds. The van der Waals surface area contributed by atoms with E-state index in [2.05, 4.69) is 15.4 Å². The zero-order valence-corrected chi connectivity index (χ0v) is 13.9. The lowest BCUT2D eigenvalue weighted by Gasteiger charge is -2.19. The van der Waals surface area contributed by atoms with Gasteiger partial charge in [0.15, 0.2) is 5.65 Å². The van der Waals surface area contributed by atoms with Crippen molar-refractivity contribution in [1.82, 2.24) is 14.6 Å². The molecule has 8 nitrogen and oxygen atoms in total. The number of aliphatic hydroxyl groups is 1. The zero-order chi connectivity index (χ0) is 18.7. The largest absolute Gasteiger partial charge is 0.491 e. The minimum absolute atomic E-state index is 0.0148. The molecular weight excluding hydrogens is 343 g/mol. The summed E-state index contributed by atoms with van der Waals surface area (Å²) in [6.45, 7) is 1.73. The standard InChI is InChI=1S/C17H17FN4O4/c1-10(12-8-11(18)2-3-14(12)26-7-6-23)20-15-4-5-22-16(21-15)13(9-19-22)17(24)25/h2-5,8-10,23H,6-7H2,1H3,(H,20,21)(H,24,25). The maximum absolute atomic E-state index is 13.7. The number of aliphatic hydroxyl groups excluding tert-OH is 1. The Labute approximate surface area is 147 Å². The summed E-state index contributed by atoms with van der Waals surface area (Å²) in [6, 6.07) is 5.36. The molecule has 3 rings (SSSR count). The van der Waals surface area contributed by atoms with Gasteiger partial charge in [-0.05, 0) is 31.2 Å². The number of hydrogen-bond acceptors (Lipinski definition) is 6. The molecule has 26 heavy (non-hydrogen) atoms. The van der Waals surface area contributed by atoms with Gasteiger partial charge in [-0.25, -0.2) is 18.7 Å². The van der Waals surface area contributed by atoms with Crippen molar-refractivity contribution in [2.75, 3.05) is 18.5 Å². The Bertz CT molecular complexity index is 944. The molecule has 0 saturated carbocycles. The van der Waals surface area contributed by atoms with Gasteiger partial charge < -0.3 is 20.3 Å². The fourth-order valence-electron chi connectivity index (χ4n) is 2.54. The number of carboxylic acids is 1. The minimum atomic E-state index is -1.12. The molecule has 1 unspecified atom stereocenters. The number of benzene rings is 1. The molecule has 0 bridgehead atoms. The number of carboxylic acid groups (broad SMARTS) is 1. The first kappa shape index (κ1) is 17.6. The Hall–Kier alpha value is -3.20. The third-order valence-corrected chi connectivity index (χ3v) is 3.75. The van der Waals surface area contributed by atoms with Crippen LogP contribution in [-0.4, -0.2) is 44.0 Å². The summed E-state index contributed by atoms with van der Waals surface area (Å²) in [5, 5.41) is 25.1. The van der Waals surface area contributed by atoms with Gasteiger partial charge in [0.25, 0.3) is 0 Å². The van der Waals surface area contributed by atoms with Gasteiger partial charge in [0, 0.05) is 11.8 Å². The highest BCUT2D eigenvalue weighted by Crippen LogP contribution is 2.28. The molecule has 2 heterocycles. The number of nitrogens with one attached hydrogen (secondary N) is 1. The molecule has 3 N–H and O–H groups in total. The maximum atomic E-state index is 13.7. The van der Waals surface area contributed by atoms with E-state index in [1.54, 1.807) is 19.2 Å². The van der Waals surface area contributed by atoms with Gasteiger partial charge in [-0.2, -0.15) is 5.10 Å². The molecule has 136 valence electrons. The fourth-order valence-corrected chi connectivity index (χ4v) is 2.54. The number of ether oxygens (including phenoxy) is 1. The van der Waals surface area contributed by atoms with Crippen LogP contribution in [0.4, 0.5) is 10.2 Å². The van der Waals surface area contributed by atoms with Gasteiger partial charge in [-0.3, -0.25) is 0 Å². The lowest BCUT2D eigenvalue weighted by Crippen LogP contribution is -2.12. The van der Waals surface area contributed by atoms with E-state index in [0.717, 1.165) is 0 Å². The van der Waals surface area contributed by atoms with Gasteiger partial charge >= 0.3 is 5.97 Å². The van der Waals surface area contributed by atoms with Gasteiger partial charge in [0.1, 0.15) is 29.6 Å². The van der Waals surface area contributed by atoms with Gasteiger partial charge in [-0.15, -0.1) is 0 Å². The van der Waals surface area contributed by atoms with E-state index in [9.17, 15) is 14.3 Å². The average Bonchev–Trinajstić information content (AvgIpc) is 3.04. The van der Waals surface area contributed by atoms with Crippen LogP contribution in [0.25, 0.3) is 5.65 Å². The average molecular weight is 360 g/mol. The van der Waals surface area contributed by atoms with E-state index < -0.39 is 11.8 Å². The van der Waals surface area contributed by atoms with E-state index >= 15 is 0 Å². The summed E-state index contributed by atoms with van der Waals surface area (Å²) < 4.78 is 20.4. The molecule has 0 saturated heterocycles. The van der Waals surface area contributed by atoms with Crippen molar-refractivity contribution in [3.05, 3.63) is 53.6 Å². The first-order valence-corrected chi connectivity index (χ1v) is 7.87. The third kappa shape index (κ3) is 3.57. The Balaban J connectivity index is 1.89. The van der Waals surface area contributed by atoms with Crippen molar-refractivity contribution in [1.29, 1.82) is 0 Å². The molecule has 1 aromatic carbocycles. The lowest BCUT2D eigenvalue weighted by molar-refractivity contribution is 0.0698. The first-order valence-electron chi connectivity index (χ1n) is 7.87. The number of hydrogen-bond donors (Lipinski definition) is 3. The molecule has 0 aliphatic heterocycles. The predicted molar refractivity (Wildman–Crippen MR) is 91.0 cm³/mol. The molecule has 9 heteroatoms. The van der Waals surface area contributed by atoms with Crippen LogP contribution in [0.15, 0.2) is 36.7 Å². The maximum Gasteiger partial charge on any atom is 0.341 e. The summed E-state index contributed by atoms with van der Waals surface area (Å²) in [5.41, 5.74) is 0.733. The number of halogens is 1. The number of nitrogens with zero attached hydrogens (tertiary/aromatic N) is 3. The topological polar surface area (TPSA) is 109 Å². The Morgan fingerprint density at radius 2 is 2.23 bits per heavy atom. The van der Waals surface area contributed by atoms with Crippen LogP contribution in [0, 0.1) is 5.82 Å². The SMILES string of the molecule is CC(Nc1ccn2ncc(C(=O)O)c2n1)c1cc(F)ccc1OCCO. The second-order valence-electron chi connectivity index (χ2n) is 5.56. The second-order valence-corrected chi connectivity index (χ2v) is 5.56. The molecule has 0 aliphatic rings. The molecule has 0 aliphatic carbocycles. The van der Waals surface area contributed by atoms with Crippen LogP contribution in [0.5, 0.6) is 5.75 Å². The second kappa shape index (κ2) is 7.36. The Morgan fingerprint density at radius 1 is 1.42 bits per heavy atom. The zero-order valence-electron chi connectivity index (χ0n) is 13.9. The van der Waals surface area contributed by atoms with Gasteiger partial charge in [-0.1, -0.05) is 0 Å². The van der Waals surface area contributed by atoms with Crippen molar-refractivity contribution in [2.45, 2.75) is 13.0 Å². The van der Waals surface area contributed by atoms with Crippen LogP contribution >= 0.6 is 0 Å². The van der Waals surface area contributed by atoms with Crippen molar-refractivity contribution in [3.63, 3.8) is 0 Å². The third-order valence-electron chi connectivity index (χ3n) is 3.75. The van der Waals surface area contributed by atoms with E-state index in [4.69, 9.17) is 9.84 Å². The summed E-state index contributed by atoms with van der Waals surface area (Å²) in [5.74, 6) is -0.692. The van der Waals surface area contributed by atoms with Crippen LogP contribution < -0.4 is 10.1 Å². The molecule has 2 aromatic heterocycles. The van der Waals surface area contributed by atoms with Crippen molar-refractivity contribution in [2.24, 2.45) is 0 Å². The van der Waals surface area contributed by atoms with Crippen LogP contribution in [-0.2, 0) is 0 Å². The molecular formula is C17H17FN4O4. The van der Waals surface area contributed by atoms with Crippen molar-refractivity contribution < 1.29 is 24.1 Å². The molecule has 0 radical (unpaired) electrons. The van der Waals surface area contributed by atoms with E-state index in [-0.39, 0.29) is 30.5 Å². The normalized spacial score (nSPS) is 12.1. The minimum Gasteiger partial charge on any atom is -0.491 e. The van der Waals surface area contributed by atoms with E-state index in [1.165, 1.54) is 28.9 Å². The molecule has 1 atom stereocenters. The fraction of sp³-hybridized carbons (Fsp3) is 0.235. The first-order chi connectivity index (χ1) is 12.5. The Morgan fingerprint density at radius 3 is 2.96 bits per heavy atom. The summed E-state index contributed by atoms with van der Waals surface area (Å²) in [7, 11) is 0. The van der Waals surface area contributed by atoms with Crippen molar-refractivity contribution >= 4 is 17.4 Å². The predicted octanol–water partition coefficient (Wildman–Crippen LogP) is 2.11. The van der Waals surface area contributed by atoms with Gasteiger partial charge in [0.05, 0.1) is 18.8 Å². The number of anilines is 1. The number of fused-ring (bicyclic) bond motifs is 1. The summed E-state index contributed by atoms with van der Waals surface area (Å²) in [4.78, 5) is 15.5. The highest BCUT2D eigenvalue weighted by atomic mass is 19.1. The summed E-state index contributed by atoms with van der Waals surface area (Å²) in [6.07, 6.45) is 2.81. The smallest absolute Gasteiger partial charge is 0.341 e. The highest BCUT2D eigenvalue weighted by Gasteiger charge is 2.16. The Kier molecular flexibility index (Phi) is 4.99. The van der Waals surface area contributed by atoms with Crippen LogP contribution in [0.3, 0.4) is 0 Å². The number of carbonyl (C=O) groups is 1. The quantitative estimate of drug-likeness (QED) is 0.592. The molecule has 0 spiro atoms. The van der Waals surface area contributed by atoms with E-state index in [1.807, 2.05) is 0 Å². The highest BCUT2D eigenvalue weighted by molar-refractivity contribution is 5.94. The van der Waals surface area contributed by atoms with Crippen LogP contribution in [0.1, 0.15) is 28.9 Å². The molecule has 3 aromatic rings. The van der Waals surface area contributed by atoms with Crippen LogP contribution in [0.2, 0.25) is 0 Å². The van der Waals surface area contributed by atoms with Crippen molar-refractivity contribution in [3.8, 4) is 5.75 Å². The molecule has 0 fully saturated rings. The number of rotatable bonds is 7. The lowest BCUT2D eigenvalue weighted by atomic mass is 10.1. The van der Waals surface area contributed by atoms with Gasteiger partial charge in [0.2, 0.25) is 0 Å².